The molecule has 8 heteroatoms. The Hall–Kier alpha value is 0.0700. The molecule has 1 aromatic rings. The van der Waals surface area contributed by atoms with Crippen molar-refractivity contribution < 1.29 is 0 Å². The molecular formula is C5BrCl2N3S2. The highest BCUT2D eigenvalue weighted by Gasteiger charge is 2.01. The van der Waals surface area contributed by atoms with E-state index in [0.717, 1.165) is 0 Å². The average molecular weight is 317 g/mol. The molecule has 0 aliphatic carbocycles. The van der Waals surface area contributed by atoms with Gasteiger partial charge < -0.3 is 0 Å². The van der Waals surface area contributed by atoms with Gasteiger partial charge in [-0.25, -0.2) is 4.99 Å². The molecule has 0 aliphatic heterocycles. The maximum absolute atomic E-state index is 8.43. The number of aromatic nitrogens is 1. The first kappa shape index (κ1) is 11.1. The van der Waals surface area contributed by atoms with E-state index in [0.29, 0.717) is 9.82 Å². The zero-order valence-corrected chi connectivity index (χ0v) is 10.5. The van der Waals surface area contributed by atoms with Gasteiger partial charge in [-0.15, -0.1) is 0 Å². The third-order valence-corrected chi connectivity index (χ3v) is 4.13. The van der Waals surface area contributed by atoms with Crippen molar-refractivity contribution in [3.05, 3.63) is 19.5 Å². The Bertz CT molecular complexity index is 441. The Kier molecular flexibility index (Phi) is 4.35. The minimum Gasteiger partial charge on any atom is -0.224 e. The first-order chi connectivity index (χ1) is 6.15. The molecule has 0 saturated carbocycles. The lowest BCUT2D eigenvalue weighted by molar-refractivity contribution is 1.35. The summed E-state index contributed by atoms with van der Waals surface area (Å²) in [7, 11) is 2.53. The molecule has 1 aromatic heterocycles. The van der Waals surface area contributed by atoms with Crippen LogP contribution in [0.3, 0.4) is 0 Å². The predicted molar refractivity (Wildman–Crippen MR) is 58.0 cm³/mol. The van der Waals surface area contributed by atoms with Gasteiger partial charge in [0.2, 0.25) is 0 Å². The number of rotatable bonds is 1. The zero-order chi connectivity index (χ0) is 9.84. The van der Waals surface area contributed by atoms with E-state index in [9.17, 15) is 0 Å². The molecule has 3 nitrogen and oxygen atoms in total. The summed E-state index contributed by atoms with van der Waals surface area (Å²) in [5.74, 6) is 0. The third kappa shape index (κ3) is 3.04. The molecule has 0 bridgehead atoms. The fourth-order valence-electron chi connectivity index (χ4n) is 0.409. The topological polar surface area (TPSA) is 49.0 Å². The second kappa shape index (κ2) is 5.08. The van der Waals surface area contributed by atoms with Gasteiger partial charge in [-0.3, -0.25) is 0 Å². The van der Waals surface area contributed by atoms with Gasteiger partial charge in [-0.2, -0.15) is 9.64 Å². The Labute approximate surface area is 99.6 Å². The highest BCUT2D eigenvalue weighted by atomic mass is 79.9. The van der Waals surface area contributed by atoms with Crippen molar-refractivity contribution in [1.29, 1.82) is 5.26 Å². The molecule has 13 heavy (non-hydrogen) atoms. The molecule has 0 radical (unpaired) electrons. The number of nitriles is 1. The highest BCUT2D eigenvalue weighted by Crippen LogP contribution is 2.17. The minimum absolute atomic E-state index is 0.0190. The number of nitrogens with zero attached hydrogens (tertiary/aromatic N) is 3. The monoisotopic (exact) mass is 315 g/mol. The maximum atomic E-state index is 8.43. The van der Waals surface area contributed by atoms with Gasteiger partial charge in [0.25, 0.3) is 0 Å². The Balaban J connectivity index is 3.19. The van der Waals surface area contributed by atoms with E-state index in [-0.39, 0.29) is 9.64 Å². The van der Waals surface area contributed by atoms with Crippen molar-refractivity contribution in [2.75, 3.05) is 0 Å². The Morgan fingerprint density at radius 3 is 2.85 bits per heavy atom. The van der Waals surface area contributed by atoms with Crippen LogP contribution >= 0.6 is 60.0 Å². The van der Waals surface area contributed by atoms with Crippen LogP contribution in [0.25, 0.3) is 0 Å². The van der Waals surface area contributed by atoms with Crippen molar-refractivity contribution in [1.82, 2.24) is 4.37 Å². The number of hydrogen-bond donors (Lipinski definition) is 0. The number of halogens is 3. The molecule has 0 N–H and O–H groups in total. The molecule has 68 valence electrons. The summed E-state index contributed by atoms with van der Waals surface area (Å²) in [4.78, 5) is 3.97. The molecule has 0 saturated heterocycles. The van der Waals surface area contributed by atoms with Gasteiger partial charge >= 0.3 is 0 Å². The molecule has 1 rings (SSSR count). The van der Waals surface area contributed by atoms with Crippen molar-refractivity contribution in [3.63, 3.8) is 0 Å². The van der Waals surface area contributed by atoms with Crippen LogP contribution in [0.15, 0.2) is 14.6 Å². The zero-order valence-electron chi connectivity index (χ0n) is 5.79. The van der Waals surface area contributed by atoms with Gasteiger partial charge in [-0.05, 0) is 26.3 Å². The molecule has 0 unspecified atom stereocenters. The molecule has 0 aromatic carbocycles. The summed E-state index contributed by atoms with van der Waals surface area (Å²) in [5.41, 5.74) is 0. The summed E-state index contributed by atoms with van der Waals surface area (Å²) in [5, 5.41) is 8.73. The van der Waals surface area contributed by atoms with E-state index in [4.69, 9.17) is 28.5 Å². The van der Waals surface area contributed by atoms with Crippen LogP contribution in [0.4, 0.5) is 0 Å². The summed E-state index contributed by atoms with van der Waals surface area (Å²) in [6, 6.07) is 1.75. The van der Waals surface area contributed by atoms with E-state index in [1.165, 1.54) is 20.9 Å². The standard InChI is InChI=1S/C5BrCl2N3S2/c6-3(2(7)1-9)10-5-4(8)11-13-12-5/b3-2-,10-5+. The molecule has 1 heterocycles. The molecule has 0 amide bonds. The van der Waals surface area contributed by atoms with E-state index in [1.807, 2.05) is 0 Å². The summed E-state index contributed by atoms with van der Waals surface area (Å²) < 4.78 is 4.61. The van der Waals surface area contributed by atoms with Crippen LogP contribution in [0.2, 0.25) is 5.15 Å². The first-order valence-electron chi connectivity index (χ1n) is 2.76. The van der Waals surface area contributed by atoms with E-state index >= 15 is 0 Å². The molecule has 0 atom stereocenters. The molecule has 0 spiro atoms. The van der Waals surface area contributed by atoms with Crippen LogP contribution < -0.4 is 4.67 Å². The lowest BCUT2D eigenvalue weighted by atomic mass is 10.7. The second-order valence-electron chi connectivity index (χ2n) is 1.67. The minimum atomic E-state index is -0.0190. The van der Waals surface area contributed by atoms with Gasteiger partial charge in [0.05, 0.1) is 0 Å². The summed E-state index contributed by atoms with van der Waals surface area (Å²) in [6.07, 6.45) is 0. The fourth-order valence-corrected chi connectivity index (χ4v) is 2.81. The summed E-state index contributed by atoms with van der Waals surface area (Å²) in [6.45, 7) is 0. The normalized spacial score (nSPS) is 13.8. The van der Waals surface area contributed by atoms with Gasteiger partial charge in [0.15, 0.2) is 14.9 Å². The Morgan fingerprint density at radius 1 is 1.69 bits per heavy atom. The third-order valence-electron chi connectivity index (χ3n) is 0.889. The van der Waals surface area contributed by atoms with Gasteiger partial charge in [0, 0.05) is 10.5 Å². The number of hydrogen-bond acceptors (Lipinski definition) is 5. The Morgan fingerprint density at radius 2 is 2.38 bits per heavy atom. The smallest absolute Gasteiger partial charge is 0.179 e. The first-order valence-corrected chi connectivity index (χ1v) is 6.42. The van der Waals surface area contributed by atoms with Crippen LogP contribution in [-0.4, -0.2) is 4.37 Å². The van der Waals surface area contributed by atoms with E-state index in [2.05, 4.69) is 25.3 Å². The quantitative estimate of drug-likeness (QED) is 0.454. The van der Waals surface area contributed by atoms with Crippen molar-refractivity contribution >= 4 is 60.0 Å². The molecule has 0 fully saturated rings. The van der Waals surface area contributed by atoms with Crippen LogP contribution in [0, 0.1) is 11.3 Å². The van der Waals surface area contributed by atoms with E-state index < -0.39 is 0 Å². The maximum Gasteiger partial charge on any atom is 0.179 e. The van der Waals surface area contributed by atoms with Crippen LogP contribution in [-0.2, 0) is 0 Å². The fraction of sp³-hybridized carbons (Fsp3) is 0. The van der Waals surface area contributed by atoms with Crippen molar-refractivity contribution in [3.8, 4) is 6.07 Å². The second-order valence-corrected chi connectivity index (χ2v) is 4.99. The predicted octanol–water partition coefficient (Wildman–Crippen LogP) is 3.09. The average Bonchev–Trinajstić information content (AvgIpc) is 2.50. The largest absolute Gasteiger partial charge is 0.224 e. The SMILES string of the molecule is N#C/C(Cl)=C(Br)/N=c1/ssnc1Cl. The van der Waals surface area contributed by atoms with Gasteiger partial charge in [-0.1, -0.05) is 23.2 Å². The van der Waals surface area contributed by atoms with E-state index in [1.54, 1.807) is 6.07 Å². The van der Waals surface area contributed by atoms with Crippen LogP contribution in [0.1, 0.15) is 0 Å². The van der Waals surface area contributed by atoms with Gasteiger partial charge in [0.1, 0.15) is 10.7 Å². The number of allylic oxidation sites excluding steroid dienone is 1. The van der Waals surface area contributed by atoms with Crippen molar-refractivity contribution in [2.24, 2.45) is 4.99 Å². The highest BCUT2D eigenvalue weighted by molar-refractivity contribution is 9.11. The van der Waals surface area contributed by atoms with Crippen LogP contribution in [0.5, 0.6) is 0 Å². The molecule has 0 aliphatic rings. The van der Waals surface area contributed by atoms with Crippen molar-refractivity contribution in [2.45, 2.75) is 0 Å². The summed E-state index contributed by atoms with van der Waals surface area (Å²) >= 11 is 14.2. The molecular weight excluding hydrogens is 317 g/mol. The lowest BCUT2D eigenvalue weighted by Crippen LogP contribution is -1.93. The lowest BCUT2D eigenvalue weighted by Gasteiger charge is -1.85.